The second-order valence-corrected chi connectivity index (χ2v) is 14.4. The number of imidazole rings is 1. The van der Waals surface area contributed by atoms with Crippen LogP contribution in [0.1, 0.15) is 26.3 Å². The number of hydrogen-bond donors (Lipinski definition) is 1. The second kappa shape index (κ2) is 11.0. The fourth-order valence-corrected chi connectivity index (χ4v) is 7.80. The van der Waals surface area contributed by atoms with Gasteiger partial charge in [0.25, 0.3) is 0 Å². The third-order valence-electron chi connectivity index (χ3n) is 10.3. The molecule has 0 saturated carbocycles. The van der Waals surface area contributed by atoms with E-state index in [0.29, 0.717) is 0 Å². The van der Waals surface area contributed by atoms with Gasteiger partial charge in [-0.1, -0.05) is 106 Å². The molecule has 0 aliphatic carbocycles. The maximum absolute atomic E-state index is 5.54. The number of rotatable bonds is 4. The van der Waals surface area contributed by atoms with Crippen LogP contribution in [0.2, 0.25) is 0 Å². The number of hydrogen-bond acceptors (Lipinski definition) is 2. The van der Waals surface area contributed by atoms with Crippen LogP contribution in [-0.4, -0.2) is 24.1 Å². The molecule has 0 aliphatic heterocycles. The van der Waals surface area contributed by atoms with E-state index < -0.39 is 0 Å². The molecule has 5 nitrogen and oxygen atoms in total. The lowest BCUT2D eigenvalue weighted by Crippen LogP contribution is -2.10. The molecular formula is C46H35N5. The number of benzene rings is 6. The summed E-state index contributed by atoms with van der Waals surface area (Å²) in [5.41, 5.74) is 12.2. The Morgan fingerprint density at radius 3 is 2.14 bits per heavy atom. The maximum Gasteiger partial charge on any atom is 0.147 e. The van der Waals surface area contributed by atoms with E-state index in [0.717, 1.165) is 67.1 Å². The molecule has 4 aromatic heterocycles. The molecule has 0 spiro atoms. The number of aromatic amines is 1. The van der Waals surface area contributed by atoms with E-state index in [4.69, 9.17) is 9.97 Å². The van der Waals surface area contributed by atoms with Crippen molar-refractivity contribution in [1.82, 2.24) is 24.1 Å². The van der Waals surface area contributed by atoms with Gasteiger partial charge < -0.3 is 4.98 Å². The molecule has 10 aromatic rings. The van der Waals surface area contributed by atoms with E-state index >= 15 is 0 Å². The molecule has 0 unspecified atom stereocenters. The number of nitrogens with zero attached hydrogens (tertiary/aromatic N) is 4. The summed E-state index contributed by atoms with van der Waals surface area (Å²) in [4.78, 5) is 14.1. The van der Waals surface area contributed by atoms with Crippen LogP contribution in [0.5, 0.6) is 0 Å². The van der Waals surface area contributed by atoms with Crippen LogP contribution in [0, 0.1) is 0 Å². The van der Waals surface area contributed by atoms with Crippen molar-refractivity contribution in [3.05, 3.63) is 157 Å². The van der Waals surface area contributed by atoms with Crippen molar-refractivity contribution in [3.63, 3.8) is 0 Å². The van der Waals surface area contributed by atoms with Gasteiger partial charge in [-0.25, -0.2) is 9.97 Å². The lowest BCUT2D eigenvalue weighted by atomic mass is 9.86. The third-order valence-corrected chi connectivity index (χ3v) is 10.3. The zero-order chi connectivity index (χ0) is 34.3. The topological polar surface area (TPSA) is 51.4 Å². The fourth-order valence-electron chi connectivity index (χ4n) is 7.80. The van der Waals surface area contributed by atoms with Crippen LogP contribution in [0.25, 0.3) is 88.7 Å². The van der Waals surface area contributed by atoms with Crippen LogP contribution in [0.15, 0.2) is 152 Å². The first kappa shape index (κ1) is 29.5. The lowest BCUT2D eigenvalue weighted by Gasteiger charge is -2.18. The molecule has 0 bridgehead atoms. The Labute approximate surface area is 295 Å². The molecule has 5 heteroatoms. The van der Waals surface area contributed by atoms with Gasteiger partial charge in [0.1, 0.15) is 11.6 Å². The highest BCUT2D eigenvalue weighted by Gasteiger charge is 2.22. The van der Waals surface area contributed by atoms with Gasteiger partial charge in [-0.15, -0.1) is 0 Å². The smallest absolute Gasteiger partial charge is 0.147 e. The van der Waals surface area contributed by atoms with Crippen molar-refractivity contribution < 1.29 is 0 Å². The van der Waals surface area contributed by atoms with Crippen molar-refractivity contribution in [2.24, 2.45) is 0 Å². The molecule has 6 aromatic carbocycles. The Hall–Kier alpha value is -6.46. The van der Waals surface area contributed by atoms with Gasteiger partial charge in [-0.3, -0.25) is 9.13 Å². The SMILES string of the molecule is CC(C)(C)c1ccc2[nH]c3c(-c4nc5c(-c6ccc7c8ccccc8n(-c8ccccn8)c7c6)cccc5n4-c4ccccc4)cccc3c2c1. The molecule has 0 saturated heterocycles. The highest BCUT2D eigenvalue weighted by atomic mass is 15.1. The average Bonchev–Trinajstić information content (AvgIpc) is 3.84. The van der Waals surface area contributed by atoms with Gasteiger partial charge in [-0.2, -0.15) is 0 Å². The van der Waals surface area contributed by atoms with Gasteiger partial charge >= 0.3 is 0 Å². The Morgan fingerprint density at radius 1 is 0.549 bits per heavy atom. The first-order valence-electron chi connectivity index (χ1n) is 17.5. The fraction of sp³-hybridized carbons (Fsp3) is 0.0870. The monoisotopic (exact) mass is 657 g/mol. The zero-order valence-electron chi connectivity index (χ0n) is 28.7. The standard InChI is InChI=1S/C46H35N5/c1-46(2,3)30-23-25-38-37(28-30)35-17-11-18-36(43(35)48-38)45-49-44-32(16-12-20-40(44)50(45)31-13-5-4-6-14-31)29-22-24-34-33-15-7-8-19-39(33)51(41(34)27-29)42-21-9-10-26-47-42/h4-28,48H,1-3H3. The van der Waals surface area contributed by atoms with Crippen molar-refractivity contribution in [3.8, 4) is 34.0 Å². The van der Waals surface area contributed by atoms with Crippen LogP contribution < -0.4 is 0 Å². The number of nitrogens with one attached hydrogen (secondary N) is 1. The minimum absolute atomic E-state index is 0.0576. The van der Waals surface area contributed by atoms with Gasteiger partial charge in [0.2, 0.25) is 0 Å². The Morgan fingerprint density at radius 2 is 1.29 bits per heavy atom. The summed E-state index contributed by atoms with van der Waals surface area (Å²) < 4.78 is 4.58. The van der Waals surface area contributed by atoms with E-state index in [1.165, 1.54) is 27.1 Å². The summed E-state index contributed by atoms with van der Waals surface area (Å²) in [6.07, 6.45) is 1.86. The zero-order valence-corrected chi connectivity index (χ0v) is 28.7. The number of aromatic nitrogens is 5. The van der Waals surface area contributed by atoms with E-state index in [2.05, 4.69) is 168 Å². The molecule has 0 atom stereocenters. The lowest BCUT2D eigenvalue weighted by molar-refractivity contribution is 0.591. The maximum atomic E-state index is 5.54. The van der Waals surface area contributed by atoms with Crippen molar-refractivity contribution in [2.45, 2.75) is 26.2 Å². The summed E-state index contributed by atoms with van der Waals surface area (Å²) >= 11 is 0. The van der Waals surface area contributed by atoms with Crippen LogP contribution in [0.3, 0.4) is 0 Å². The molecule has 244 valence electrons. The number of fused-ring (bicyclic) bond motifs is 7. The predicted octanol–water partition coefficient (Wildman–Crippen LogP) is 11.8. The first-order chi connectivity index (χ1) is 24.9. The summed E-state index contributed by atoms with van der Waals surface area (Å²) in [5.74, 6) is 1.80. The van der Waals surface area contributed by atoms with Gasteiger partial charge in [-0.05, 0) is 77.2 Å². The first-order valence-corrected chi connectivity index (χ1v) is 17.5. The largest absolute Gasteiger partial charge is 0.354 e. The Balaban J connectivity index is 1.24. The summed E-state index contributed by atoms with van der Waals surface area (Å²) in [5, 5.41) is 4.84. The number of pyridine rings is 1. The quantitative estimate of drug-likeness (QED) is 0.205. The van der Waals surface area contributed by atoms with Crippen molar-refractivity contribution in [2.75, 3.05) is 0 Å². The number of H-pyrrole nitrogens is 1. The highest BCUT2D eigenvalue weighted by molar-refractivity contribution is 6.13. The molecule has 0 fully saturated rings. The molecule has 4 heterocycles. The van der Waals surface area contributed by atoms with E-state index in [1.807, 2.05) is 18.3 Å². The minimum atomic E-state index is 0.0576. The van der Waals surface area contributed by atoms with E-state index in [9.17, 15) is 0 Å². The van der Waals surface area contributed by atoms with Crippen LogP contribution in [0.4, 0.5) is 0 Å². The second-order valence-electron chi connectivity index (χ2n) is 14.4. The van der Waals surface area contributed by atoms with E-state index in [1.54, 1.807) is 0 Å². The molecule has 0 radical (unpaired) electrons. The third kappa shape index (κ3) is 4.55. The molecular weight excluding hydrogens is 623 g/mol. The van der Waals surface area contributed by atoms with Gasteiger partial charge in [0, 0.05) is 50.1 Å². The summed E-state index contributed by atoms with van der Waals surface area (Å²) in [6.45, 7) is 6.80. The van der Waals surface area contributed by atoms with Crippen molar-refractivity contribution >= 4 is 54.6 Å². The highest BCUT2D eigenvalue weighted by Crippen LogP contribution is 2.41. The number of para-hydroxylation sites is 4. The van der Waals surface area contributed by atoms with Crippen LogP contribution in [-0.2, 0) is 5.41 Å². The van der Waals surface area contributed by atoms with Crippen molar-refractivity contribution in [1.29, 1.82) is 0 Å². The molecule has 10 rings (SSSR count). The predicted molar refractivity (Wildman–Crippen MR) is 212 cm³/mol. The molecule has 1 N–H and O–H groups in total. The summed E-state index contributed by atoms with van der Waals surface area (Å²) in [7, 11) is 0. The molecule has 51 heavy (non-hydrogen) atoms. The summed E-state index contributed by atoms with van der Waals surface area (Å²) in [6, 6.07) is 51.9. The molecule has 0 amide bonds. The van der Waals surface area contributed by atoms with Gasteiger partial charge in [0.15, 0.2) is 0 Å². The van der Waals surface area contributed by atoms with E-state index in [-0.39, 0.29) is 5.41 Å². The molecule has 0 aliphatic rings. The Kier molecular flexibility index (Phi) is 6.37. The average molecular weight is 658 g/mol. The van der Waals surface area contributed by atoms with Crippen LogP contribution >= 0.6 is 0 Å². The normalized spacial score (nSPS) is 12.2. The Bertz CT molecular complexity index is 2940. The van der Waals surface area contributed by atoms with Gasteiger partial charge in [0.05, 0.1) is 27.6 Å². The minimum Gasteiger partial charge on any atom is -0.354 e.